The van der Waals surface area contributed by atoms with Crippen LogP contribution in [0, 0.1) is 0 Å². The number of aromatic nitrogens is 1. The van der Waals surface area contributed by atoms with Crippen molar-refractivity contribution in [2.24, 2.45) is 0 Å². The van der Waals surface area contributed by atoms with Crippen LogP contribution in [0.1, 0.15) is 42.2 Å². The Bertz CT molecular complexity index is 1100. The van der Waals surface area contributed by atoms with Crippen LogP contribution >= 0.6 is 0 Å². The number of benzene rings is 2. The molecule has 6 nitrogen and oxygen atoms in total. The van der Waals surface area contributed by atoms with Gasteiger partial charge in [0.25, 0.3) is 5.91 Å². The van der Waals surface area contributed by atoms with Crippen molar-refractivity contribution in [2.45, 2.75) is 32.4 Å². The number of ether oxygens (including phenoxy) is 1. The number of hydrogen-bond donors (Lipinski definition) is 0. The number of para-hydroxylation sites is 2. The predicted octanol–water partition coefficient (Wildman–Crippen LogP) is 4.62. The molecule has 0 unspecified atom stereocenters. The summed E-state index contributed by atoms with van der Waals surface area (Å²) >= 11 is 0. The number of pyridine rings is 1. The van der Waals surface area contributed by atoms with E-state index in [2.05, 4.69) is 4.98 Å². The van der Waals surface area contributed by atoms with Gasteiger partial charge < -0.3 is 14.5 Å². The van der Waals surface area contributed by atoms with Crippen LogP contribution in [-0.4, -0.2) is 29.9 Å². The number of hydrogen-bond acceptors (Lipinski definition) is 4. The van der Waals surface area contributed by atoms with E-state index in [9.17, 15) is 9.59 Å². The highest BCUT2D eigenvalue weighted by molar-refractivity contribution is 6.09. The lowest BCUT2D eigenvalue weighted by atomic mass is 9.89. The topological polar surface area (TPSA) is 62.7 Å². The average molecular weight is 415 g/mol. The van der Waals surface area contributed by atoms with Gasteiger partial charge in [0, 0.05) is 30.5 Å². The first kappa shape index (κ1) is 20.6. The van der Waals surface area contributed by atoms with Crippen molar-refractivity contribution in [2.75, 3.05) is 16.9 Å². The highest BCUT2D eigenvalue weighted by Crippen LogP contribution is 2.43. The van der Waals surface area contributed by atoms with Gasteiger partial charge in [-0.05, 0) is 49.2 Å². The number of anilines is 2. The average Bonchev–Trinajstić information content (AvgIpc) is 2.79. The van der Waals surface area contributed by atoms with E-state index < -0.39 is 0 Å². The molecule has 0 N–H and O–H groups in total. The molecule has 2 aromatic carbocycles. The number of carbonyl (C=O) groups excluding carboxylic acids is 2. The van der Waals surface area contributed by atoms with Crippen molar-refractivity contribution in [1.29, 1.82) is 0 Å². The molecule has 1 aliphatic rings. The molecule has 0 saturated heterocycles. The van der Waals surface area contributed by atoms with Crippen molar-refractivity contribution in [3.8, 4) is 5.88 Å². The molecule has 1 aromatic heterocycles. The predicted molar refractivity (Wildman–Crippen MR) is 120 cm³/mol. The molecule has 158 valence electrons. The summed E-state index contributed by atoms with van der Waals surface area (Å²) in [5.41, 5.74) is 2.99. The molecule has 3 aromatic rings. The van der Waals surface area contributed by atoms with E-state index in [4.69, 9.17) is 4.74 Å². The monoisotopic (exact) mass is 415 g/mol. The van der Waals surface area contributed by atoms with E-state index in [0.29, 0.717) is 17.9 Å². The number of nitrogens with zero attached hydrogens (tertiary/aromatic N) is 3. The normalized spacial score (nSPS) is 17.6. The minimum absolute atomic E-state index is 0.0353. The summed E-state index contributed by atoms with van der Waals surface area (Å²) in [6.07, 6.45) is 2.21. The third kappa shape index (κ3) is 3.77. The molecule has 0 fully saturated rings. The van der Waals surface area contributed by atoms with Crippen LogP contribution in [0.15, 0.2) is 72.9 Å². The lowest BCUT2D eigenvalue weighted by Gasteiger charge is -2.43. The van der Waals surface area contributed by atoms with Crippen molar-refractivity contribution < 1.29 is 14.3 Å². The standard InChI is InChI=1S/C25H25N3O3/c1-17-16-23(28(18(2)29)19-10-5-4-6-11-19)20-12-7-8-14-22(20)27(17)25(30)21-13-9-15-26-24(21)31-3/h4-15,17,23H,16H2,1-3H3/t17-,23+/m1/s1. The SMILES string of the molecule is COc1ncccc1C(=O)N1c2ccccc2[C@@H](N(C(C)=O)c2ccccc2)C[C@H]1C. The van der Waals surface area contributed by atoms with E-state index in [1.165, 1.54) is 7.11 Å². The number of methoxy groups -OCH3 is 1. The van der Waals surface area contributed by atoms with Crippen LogP contribution in [0.5, 0.6) is 5.88 Å². The van der Waals surface area contributed by atoms with Gasteiger partial charge in [-0.15, -0.1) is 0 Å². The summed E-state index contributed by atoms with van der Waals surface area (Å²) in [6, 6.07) is 20.6. The quantitative estimate of drug-likeness (QED) is 0.624. The van der Waals surface area contributed by atoms with Crippen molar-refractivity contribution in [3.63, 3.8) is 0 Å². The van der Waals surface area contributed by atoms with Gasteiger partial charge in [-0.3, -0.25) is 9.59 Å². The van der Waals surface area contributed by atoms with Gasteiger partial charge in [-0.25, -0.2) is 4.98 Å². The van der Waals surface area contributed by atoms with Gasteiger partial charge in [-0.1, -0.05) is 36.4 Å². The zero-order valence-electron chi connectivity index (χ0n) is 17.9. The molecule has 6 heteroatoms. The number of carbonyl (C=O) groups is 2. The van der Waals surface area contributed by atoms with Gasteiger partial charge in [0.05, 0.1) is 13.2 Å². The first-order valence-electron chi connectivity index (χ1n) is 10.3. The molecular weight excluding hydrogens is 390 g/mol. The van der Waals surface area contributed by atoms with Crippen LogP contribution < -0.4 is 14.5 Å². The Morgan fingerprint density at radius 3 is 2.45 bits per heavy atom. The lowest BCUT2D eigenvalue weighted by Crippen LogP contribution is -2.47. The van der Waals surface area contributed by atoms with Crippen LogP contribution in [0.2, 0.25) is 0 Å². The Kier molecular flexibility index (Phi) is 5.71. The molecule has 1 aliphatic heterocycles. The van der Waals surface area contributed by atoms with Crippen LogP contribution in [0.25, 0.3) is 0 Å². The fourth-order valence-corrected chi connectivity index (χ4v) is 4.35. The molecule has 0 spiro atoms. The maximum atomic E-state index is 13.6. The Morgan fingerprint density at radius 2 is 1.74 bits per heavy atom. The lowest BCUT2D eigenvalue weighted by molar-refractivity contribution is -0.117. The van der Waals surface area contributed by atoms with E-state index >= 15 is 0 Å². The summed E-state index contributed by atoms with van der Waals surface area (Å²) in [5, 5.41) is 0. The molecule has 0 saturated carbocycles. The fourth-order valence-electron chi connectivity index (χ4n) is 4.35. The Hall–Kier alpha value is -3.67. The zero-order chi connectivity index (χ0) is 22.0. The minimum atomic E-state index is -0.175. The molecule has 0 radical (unpaired) electrons. The number of fused-ring (bicyclic) bond motifs is 1. The molecule has 2 heterocycles. The van der Waals surface area contributed by atoms with Gasteiger partial charge in [0.2, 0.25) is 11.8 Å². The first-order valence-corrected chi connectivity index (χ1v) is 10.3. The van der Waals surface area contributed by atoms with Gasteiger partial charge >= 0.3 is 0 Å². The smallest absolute Gasteiger partial charge is 0.264 e. The zero-order valence-corrected chi connectivity index (χ0v) is 17.9. The molecule has 0 aliphatic carbocycles. The highest BCUT2D eigenvalue weighted by Gasteiger charge is 2.38. The van der Waals surface area contributed by atoms with E-state index in [-0.39, 0.29) is 23.9 Å². The van der Waals surface area contributed by atoms with Gasteiger partial charge in [-0.2, -0.15) is 0 Å². The van der Waals surface area contributed by atoms with Gasteiger partial charge in [0.1, 0.15) is 5.56 Å². The third-order valence-corrected chi connectivity index (χ3v) is 5.66. The number of rotatable bonds is 4. The maximum absolute atomic E-state index is 13.6. The Morgan fingerprint density at radius 1 is 1.03 bits per heavy atom. The van der Waals surface area contributed by atoms with Crippen LogP contribution in [-0.2, 0) is 4.79 Å². The summed E-state index contributed by atoms with van der Waals surface area (Å²) in [6.45, 7) is 3.59. The summed E-state index contributed by atoms with van der Waals surface area (Å²) in [5.74, 6) is 0.0956. The van der Waals surface area contributed by atoms with E-state index in [0.717, 1.165) is 16.9 Å². The van der Waals surface area contributed by atoms with Crippen LogP contribution in [0.4, 0.5) is 11.4 Å². The second-order valence-electron chi connectivity index (χ2n) is 7.62. The highest BCUT2D eigenvalue weighted by atomic mass is 16.5. The Balaban J connectivity index is 1.80. The molecule has 0 bridgehead atoms. The van der Waals surface area contributed by atoms with E-state index in [1.54, 1.807) is 30.2 Å². The van der Waals surface area contributed by atoms with E-state index in [1.807, 2.05) is 66.4 Å². The number of amides is 2. The van der Waals surface area contributed by atoms with Crippen molar-refractivity contribution in [3.05, 3.63) is 84.1 Å². The first-order chi connectivity index (χ1) is 15.0. The van der Waals surface area contributed by atoms with Gasteiger partial charge in [0.15, 0.2) is 0 Å². The van der Waals surface area contributed by atoms with Crippen molar-refractivity contribution >= 4 is 23.2 Å². The second kappa shape index (κ2) is 8.60. The fraction of sp³-hybridized carbons (Fsp3) is 0.240. The second-order valence-corrected chi connectivity index (χ2v) is 7.62. The largest absolute Gasteiger partial charge is 0.480 e. The summed E-state index contributed by atoms with van der Waals surface area (Å²) in [7, 11) is 1.51. The van der Waals surface area contributed by atoms with Crippen molar-refractivity contribution in [1.82, 2.24) is 4.98 Å². The minimum Gasteiger partial charge on any atom is -0.480 e. The summed E-state index contributed by atoms with van der Waals surface area (Å²) in [4.78, 5) is 34.0. The molecule has 4 rings (SSSR count). The Labute approximate surface area is 182 Å². The third-order valence-electron chi connectivity index (χ3n) is 5.66. The maximum Gasteiger partial charge on any atom is 0.264 e. The molecular formula is C25H25N3O3. The molecule has 31 heavy (non-hydrogen) atoms. The van der Waals surface area contributed by atoms with Crippen LogP contribution in [0.3, 0.4) is 0 Å². The molecule has 2 atom stereocenters. The summed E-state index contributed by atoms with van der Waals surface area (Å²) < 4.78 is 5.32. The molecule has 2 amide bonds.